The summed E-state index contributed by atoms with van der Waals surface area (Å²) >= 11 is 0. The molecule has 2 rings (SSSR count). The first-order valence-corrected chi connectivity index (χ1v) is 7.62. The molecule has 0 aliphatic heterocycles. The third-order valence-corrected chi connectivity index (χ3v) is 3.84. The van der Waals surface area contributed by atoms with Crippen molar-refractivity contribution in [1.82, 2.24) is 10.6 Å². The minimum Gasteiger partial charge on any atom is -0.378 e. The molecular weight excluding hydrogens is 365 g/mol. The average molecular weight is 393 g/mol. The van der Waals surface area contributed by atoms with Crippen LogP contribution in [-0.4, -0.2) is 38.3 Å². The van der Waals surface area contributed by atoms with Gasteiger partial charge >= 0.3 is 0 Å². The molecule has 1 fully saturated rings. The van der Waals surface area contributed by atoms with Gasteiger partial charge in [0.15, 0.2) is 5.96 Å². The fourth-order valence-electron chi connectivity index (χ4n) is 2.71. The van der Waals surface area contributed by atoms with E-state index in [1.165, 1.54) is 25.7 Å². The lowest BCUT2D eigenvalue weighted by Gasteiger charge is -2.17. The molecule has 2 aliphatic rings. The minimum atomic E-state index is 0. The summed E-state index contributed by atoms with van der Waals surface area (Å²) in [5.74, 6) is 0.912. The van der Waals surface area contributed by atoms with Gasteiger partial charge in [0, 0.05) is 26.2 Å². The normalized spacial score (nSPS) is 20.1. The number of hydrogen-bond donors (Lipinski definition) is 2. The number of nitrogens with one attached hydrogen (secondary N) is 2. The zero-order valence-corrected chi connectivity index (χ0v) is 14.8. The van der Waals surface area contributed by atoms with Crippen LogP contribution in [0, 0.1) is 0 Å². The molecule has 0 spiro atoms. The van der Waals surface area contributed by atoms with Crippen molar-refractivity contribution in [3.63, 3.8) is 0 Å². The van der Waals surface area contributed by atoms with Gasteiger partial charge in [0.25, 0.3) is 0 Å². The topological polar surface area (TPSA) is 45.7 Å². The van der Waals surface area contributed by atoms with Gasteiger partial charge in [-0.25, -0.2) is 0 Å². The van der Waals surface area contributed by atoms with Crippen molar-refractivity contribution in [3.05, 3.63) is 12.2 Å². The zero-order valence-electron chi connectivity index (χ0n) is 12.4. The monoisotopic (exact) mass is 393 g/mol. The molecule has 20 heavy (non-hydrogen) atoms. The van der Waals surface area contributed by atoms with Gasteiger partial charge in [-0.1, -0.05) is 25.0 Å². The molecule has 0 aromatic heterocycles. The van der Waals surface area contributed by atoms with Gasteiger partial charge in [-0.05, 0) is 32.1 Å². The van der Waals surface area contributed by atoms with Crippen LogP contribution in [0.15, 0.2) is 17.1 Å². The quantitative estimate of drug-likeness (QED) is 0.240. The van der Waals surface area contributed by atoms with Crippen molar-refractivity contribution in [1.29, 1.82) is 0 Å². The van der Waals surface area contributed by atoms with E-state index in [0.717, 1.165) is 38.4 Å². The van der Waals surface area contributed by atoms with Crippen LogP contribution in [0.25, 0.3) is 0 Å². The molecule has 116 valence electrons. The van der Waals surface area contributed by atoms with Crippen molar-refractivity contribution in [2.24, 2.45) is 4.99 Å². The van der Waals surface area contributed by atoms with Crippen LogP contribution in [0.5, 0.6) is 0 Å². The van der Waals surface area contributed by atoms with E-state index in [-0.39, 0.29) is 24.0 Å². The third kappa shape index (κ3) is 6.43. The second-order valence-corrected chi connectivity index (χ2v) is 5.41. The summed E-state index contributed by atoms with van der Waals surface area (Å²) in [6, 6.07) is 0.515. The maximum absolute atomic E-state index is 5.84. The van der Waals surface area contributed by atoms with E-state index in [9.17, 15) is 0 Å². The molecule has 0 amide bonds. The Balaban J connectivity index is 0.00000200. The van der Waals surface area contributed by atoms with Crippen LogP contribution >= 0.6 is 24.0 Å². The molecule has 0 bridgehead atoms. The van der Waals surface area contributed by atoms with Gasteiger partial charge in [0.2, 0.25) is 0 Å². The summed E-state index contributed by atoms with van der Waals surface area (Å²) < 4.78 is 5.84. The number of ether oxygens (including phenoxy) is 1. The molecule has 2 aliphatic carbocycles. The minimum absolute atomic E-state index is 0. The number of hydrogen-bond acceptors (Lipinski definition) is 2. The molecule has 0 heterocycles. The van der Waals surface area contributed by atoms with Crippen molar-refractivity contribution >= 4 is 29.9 Å². The Hall–Kier alpha value is -0.300. The molecule has 2 N–H and O–H groups in total. The molecule has 1 saturated carbocycles. The highest BCUT2D eigenvalue weighted by Gasteiger charge is 2.14. The van der Waals surface area contributed by atoms with Gasteiger partial charge < -0.3 is 15.4 Å². The number of guanidine groups is 1. The Morgan fingerprint density at radius 2 is 1.95 bits per heavy atom. The maximum atomic E-state index is 5.84. The smallest absolute Gasteiger partial charge is 0.191 e. The highest BCUT2D eigenvalue weighted by molar-refractivity contribution is 14.0. The number of nitrogens with zero attached hydrogens (tertiary/aromatic N) is 1. The number of rotatable bonds is 6. The summed E-state index contributed by atoms with van der Waals surface area (Å²) in [5.41, 5.74) is 0. The lowest BCUT2D eigenvalue weighted by atomic mass is 10.2. The SMILES string of the molecule is CN=C(NCCCOC1CCCC1)NC1CC=CC1.I. The fourth-order valence-corrected chi connectivity index (χ4v) is 2.71. The second-order valence-electron chi connectivity index (χ2n) is 5.41. The maximum Gasteiger partial charge on any atom is 0.191 e. The Morgan fingerprint density at radius 1 is 1.25 bits per heavy atom. The standard InChI is InChI=1S/C15H27N3O.HI/c1-16-15(18-13-7-2-3-8-13)17-11-6-12-19-14-9-4-5-10-14;/h2-3,13-14H,4-12H2,1H3,(H2,16,17,18);1H. The summed E-state index contributed by atoms with van der Waals surface area (Å²) in [4.78, 5) is 4.25. The summed E-state index contributed by atoms with van der Waals surface area (Å²) in [7, 11) is 1.83. The predicted molar refractivity (Wildman–Crippen MR) is 94.9 cm³/mol. The Labute approximate surface area is 139 Å². The summed E-state index contributed by atoms with van der Waals surface area (Å²) in [6.45, 7) is 1.78. The van der Waals surface area contributed by atoms with E-state index in [2.05, 4.69) is 27.8 Å². The van der Waals surface area contributed by atoms with E-state index in [1.54, 1.807) is 0 Å². The van der Waals surface area contributed by atoms with Crippen LogP contribution in [0.4, 0.5) is 0 Å². The van der Waals surface area contributed by atoms with E-state index in [1.807, 2.05) is 7.05 Å². The molecule has 5 heteroatoms. The predicted octanol–water partition coefficient (Wildman–Crippen LogP) is 2.84. The van der Waals surface area contributed by atoms with Gasteiger partial charge in [0.05, 0.1) is 6.10 Å². The van der Waals surface area contributed by atoms with Crippen molar-refractivity contribution in [2.45, 2.75) is 57.1 Å². The molecule has 4 nitrogen and oxygen atoms in total. The first-order chi connectivity index (χ1) is 9.38. The van der Waals surface area contributed by atoms with E-state index in [4.69, 9.17) is 4.74 Å². The first kappa shape index (κ1) is 17.8. The van der Waals surface area contributed by atoms with Gasteiger partial charge in [-0.2, -0.15) is 0 Å². The van der Waals surface area contributed by atoms with E-state index >= 15 is 0 Å². The molecule has 0 unspecified atom stereocenters. The van der Waals surface area contributed by atoms with Gasteiger partial charge in [-0.15, -0.1) is 24.0 Å². The number of halogens is 1. The summed E-state index contributed by atoms with van der Waals surface area (Å²) in [6.07, 6.45) is 13.4. The molecule has 0 aromatic carbocycles. The van der Waals surface area contributed by atoms with Crippen molar-refractivity contribution in [2.75, 3.05) is 20.2 Å². The third-order valence-electron chi connectivity index (χ3n) is 3.84. The number of aliphatic imine (C=N–C) groups is 1. The first-order valence-electron chi connectivity index (χ1n) is 7.62. The lowest BCUT2D eigenvalue weighted by Crippen LogP contribution is -2.42. The highest BCUT2D eigenvalue weighted by Crippen LogP contribution is 2.20. The van der Waals surface area contributed by atoms with Crippen LogP contribution in [0.1, 0.15) is 44.9 Å². The molecule has 0 aromatic rings. The molecule has 0 radical (unpaired) electrons. The van der Waals surface area contributed by atoms with E-state index < -0.39 is 0 Å². The summed E-state index contributed by atoms with van der Waals surface area (Å²) in [5, 5.41) is 6.79. The van der Waals surface area contributed by atoms with Crippen molar-refractivity contribution < 1.29 is 4.74 Å². The second kappa shape index (κ2) is 10.4. The molecule has 0 atom stereocenters. The Morgan fingerprint density at radius 3 is 2.60 bits per heavy atom. The zero-order chi connectivity index (χ0) is 13.3. The molecule has 0 saturated heterocycles. The van der Waals surface area contributed by atoms with Crippen LogP contribution in [0.2, 0.25) is 0 Å². The Bertz CT molecular complexity index is 306. The fraction of sp³-hybridized carbons (Fsp3) is 0.800. The highest BCUT2D eigenvalue weighted by atomic mass is 127. The Kier molecular flexibility index (Phi) is 9.26. The van der Waals surface area contributed by atoms with Crippen molar-refractivity contribution in [3.8, 4) is 0 Å². The lowest BCUT2D eigenvalue weighted by molar-refractivity contribution is 0.0574. The van der Waals surface area contributed by atoms with Crippen LogP contribution < -0.4 is 10.6 Å². The largest absolute Gasteiger partial charge is 0.378 e. The van der Waals surface area contributed by atoms with Crippen LogP contribution in [-0.2, 0) is 4.74 Å². The van der Waals surface area contributed by atoms with Gasteiger partial charge in [0.1, 0.15) is 0 Å². The van der Waals surface area contributed by atoms with Crippen LogP contribution in [0.3, 0.4) is 0 Å². The van der Waals surface area contributed by atoms with E-state index in [0.29, 0.717) is 12.1 Å². The molecular formula is C15H28IN3O. The average Bonchev–Trinajstić information content (AvgIpc) is 3.10. The van der Waals surface area contributed by atoms with Gasteiger partial charge in [-0.3, -0.25) is 4.99 Å².